The molecule has 0 spiro atoms. The Morgan fingerprint density at radius 2 is 2.05 bits per heavy atom. The molecule has 0 aliphatic carbocycles. The molecule has 5 heteroatoms. The van der Waals surface area contributed by atoms with Crippen LogP contribution >= 0.6 is 0 Å². The summed E-state index contributed by atoms with van der Waals surface area (Å²) in [5, 5.41) is 0. The second-order valence-corrected chi connectivity index (χ2v) is 5.17. The molecule has 2 rings (SSSR count). The van der Waals surface area contributed by atoms with Crippen molar-refractivity contribution in [3.63, 3.8) is 0 Å². The maximum absolute atomic E-state index is 12.7. The van der Waals surface area contributed by atoms with E-state index in [1.165, 1.54) is 0 Å². The van der Waals surface area contributed by atoms with E-state index in [9.17, 15) is 13.6 Å². The number of aromatic nitrogens is 1. The summed E-state index contributed by atoms with van der Waals surface area (Å²) in [7, 11) is 0. The number of rotatable bonds is 8. The van der Waals surface area contributed by atoms with Gasteiger partial charge in [-0.3, -0.25) is 4.79 Å². The Morgan fingerprint density at radius 3 is 2.71 bits per heavy atom. The quantitative estimate of drug-likeness (QED) is 0.708. The Bertz CT molecular complexity index is 562. The van der Waals surface area contributed by atoms with Crippen molar-refractivity contribution in [2.24, 2.45) is 0 Å². The molecule has 0 saturated heterocycles. The molecule has 3 nitrogen and oxygen atoms in total. The molecular weight excluding hydrogens is 276 g/mol. The zero-order valence-electron chi connectivity index (χ0n) is 12.0. The van der Waals surface area contributed by atoms with Gasteiger partial charge in [0.25, 0.3) is 0 Å². The van der Waals surface area contributed by atoms with Crippen molar-refractivity contribution >= 4 is 16.9 Å². The van der Waals surface area contributed by atoms with E-state index in [-0.39, 0.29) is 12.2 Å². The number of benzene rings is 1. The van der Waals surface area contributed by atoms with Gasteiger partial charge < -0.3 is 4.42 Å². The second kappa shape index (κ2) is 7.29. The monoisotopic (exact) mass is 295 g/mol. The summed E-state index contributed by atoms with van der Waals surface area (Å²) in [5.41, 5.74) is 1.25. The summed E-state index contributed by atoms with van der Waals surface area (Å²) in [6.45, 7) is 1.93. The minimum atomic E-state index is -2.44. The summed E-state index contributed by atoms with van der Waals surface area (Å²) in [5.74, 6) is -0.105. The maximum atomic E-state index is 12.7. The summed E-state index contributed by atoms with van der Waals surface area (Å²) >= 11 is 0. The van der Waals surface area contributed by atoms with Gasteiger partial charge in [0.05, 0.1) is 0 Å². The minimum absolute atomic E-state index is 0.105. The van der Waals surface area contributed by atoms with E-state index in [0.717, 1.165) is 6.42 Å². The third kappa shape index (κ3) is 4.34. The Balaban J connectivity index is 2.12. The fourth-order valence-electron chi connectivity index (χ4n) is 2.36. The van der Waals surface area contributed by atoms with Crippen molar-refractivity contribution in [2.75, 3.05) is 0 Å². The second-order valence-electron chi connectivity index (χ2n) is 5.17. The predicted octanol–water partition coefficient (Wildman–Crippen LogP) is 4.72. The predicted molar refractivity (Wildman–Crippen MR) is 76.5 cm³/mol. The molecule has 1 atom stereocenters. The smallest absolute Gasteiger partial charge is 0.239 e. The molecule has 0 amide bonds. The zero-order chi connectivity index (χ0) is 15.2. The molecule has 2 aromatic rings. The van der Waals surface area contributed by atoms with Crippen molar-refractivity contribution in [2.45, 2.75) is 51.4 Å². The zero-order valence-corrected chi connectivity index (χ0v) is 12.0. The molecule has 0 aliphatic heterocycles. The van der Waals surface area contributed by atoms with Crippen LogP contribution in [0.2, 0.25) is 0 Å². The van der Waals surface area contributed by atoms with E-state index in [1.54, 1.807) is 12.1 Å². The first-order valence-corrected chi connectivity index (χ1v) is 7.25. The van der Waals surface area contributed by atoms with Crippen LogP contribution < -0.4 is 0 Å². The van der Waals surface area contributed by atoms with Gasteiger partial charge >= 0.3 is 0 Å². The highest BCUT2D eigenvalue weighted by Crippen LogP contribution is 2.30. The Kier molecular flexibility index (Phi) is 5.42. The van der Waals surface area contributed by atoms with Gasteiger partial charge in [-0.15, -0.1) is 0 Å². The maximum Gasteiger partial charge on any atom is 0.239 e. The molecule has 1 heterocycles. The van der Waals surface area contributed by atoms with Gasteiger partial charge in [0.1, 0.15) is 11.3 Å². The highest BCUT2D eigenvalue weighted by Gasteiger charge is 2.23. The van der Waals surface area contributed by atoms with Gasteiger partial charge in [-0.25, -0.2) is 13.8 Å². The number of oxazole rings is 1. The van der Waals surface area contributed by atoms with Crippen LogP contribution in [0.5, 0.6) is 0 Å². The number of halogens is 2. The lowest BCUT2D eigenvalue weighted by molar-refractivity contribution is -0.119. The number of alkyl halides is 2. The number of para-hydroxylation sites is 2. The van der Waals surface area contributed by atoms with Crippen molar-refractivity contribution in [3.8, 4) is 0 Å². The first-order chi connectivity index (χ1) is 10.1. The lowest BCUT2D eigenvalue weighted by atomic mass is 9.97. The van der Waals surface area contributed by atoms with Gasteiger partial charge in [0.2, 0.25) is 6.43 Å². The van der Waals surface area contributed by atoms with E-state index in [2.05, 4.69) is 4.98 Å². The standard InChI is InChI=1S/C16H19F2NO2/c1-2-5-12(20)9-8-11(10-15(17)18)16-19-13-6-3-4-7-14(13)21-16/h3-4,6-7,11,15H,2,5,8-10H2,1H3. The molecule has 0 radical (unpaired) electrons. The number of hydrogen-bond donors (Lipinski definition) is 0. The Morgan fingerprint density at radius 1 is 1.29 bits per heavy atom. The van der Waals surface area contributed by atoms with Crippen molar-refractivity contribution in [3.05, 3.63) is 30.2 Å². The molecule has 1 unspecified atom stereocenters. The lowest BCUT2D eigenvalue weighted by Gasteiger charge is -2.12. The molecular formula is C16H19F2NO2. The molecule has 0 bridgehead atoms. The van der Waals surface area contributed by atoms with Crippen molar-refractivity contribution in [1.29, 1.82) is 0 Å². The van der Waals surface area contributed by atoms with Crippen LogP contribution in [0, 0.1) is 0 Å². The van der Waals surface area contributed by atoms with Gasteiger partial charge in [0, 0.05) is 25.2 Å². The van der Waals surface area contributed by atoms with Gasteiger partial charge in [-0.05, 0) is 25.0 Å². The number of fused-ring (bicyclic) bond motifs is 1. The lowest BCUT2D eigenvalue weighted by Crippen LogP contribution is -2.08. The highest BCUT2D eigenvalue weighted by atomic mass is 19.3. The van der Waals surface area contributed by atoms with E-state index >= 15 is 0 Å². The number of carbonyl (C=O) groups excluding carboxylic acids is 1. The number of hydrogen-bond acceptors (Lipinski definition) is 3. The van der Waals surface area contributed by atoms with E-state index in [4.69, 9.17) is 4.42 Å². The van der Waals surface area contributed by atoms with Crippen LogP contribution in [0.4, 0.5) is 8.78 Å². The van der Waals surface area contributed by atoms with Crippen LogP contribution in [0.15, 0.2) is 28.7 Å². The Hall–Kier alpha value is -1.78. The van der Waals surface area contributed by atoms with E-state index in [1.807, 2.05) is 19.1 Å². The third-order valence-corrected chi connectivity index (χ3v) is 3.42. The average molecular weight is 295 g/mol. The van der Waals surface area contributed by atoms with Crippen LogP contribution in [-0.4, -0.2) is 17.2 Å². The van der Waals surface area contributed by atoms with Gasteiger partial charge in [0.15, 0.2) is 11.5 Å². The van der Waals surface area contributed by atoms with Crippen LogP contribution in [0.1, 0.15) is 50.8 Å². The summed E-state index contributed by atoms with van der Waals surface area (Å²) in [6.07, 6.45) is -0.839. The molecule has 0 saturated carbocycles. The van der Waals surface area contributed by atoms with Crippen LogP contribution in [0.3, 0.4) is 0 Å². The van der Waals surface area contributed by atoms with Crippen molar-refractivity contribution < 1.29 is 18.0 Å². The number of carbonyl (C=O) groups is 1. The first kappa shape index (κ1) is 15.6. The average Bonchev–Trinajstić information content (AvgIpc) is 2.87. The van der Waals surface area contributed by atoms with Gasteiger partial charge in [-0.1, -0.05) is 19.1 Å². The fourth-order valence-corrected chi connectivity index (χ4v) is 2.36. The van der Waals surface area contributed by atoms with Crippen LogP contribution in [-0.2, 0) is 4.79 Å². The normalized spacial score (nSPS) is 13.0. The minimum Gasteiger partial charge on any atom is -0.440 e. The molecule has 1 aromatic heterocycles. The molecule has 21 heavy (non-hydrogen) atoms. The van der Waals surface area contributed by atoms with E-state index < -0.39 is 12.3 Å². The SMILES string of the molecule is CCCC(=O)CCC(CC(F)F)c1nc2ccccc2o1. The summed E-state index contributed by atoms with van der Waals surface area (Å²) in [6, 6.07) is 7.17. The number of Topliss-reactive ketones (excluding diaryl/α,β-unsaturated/α-hetero) is 1. The summed E-state index contributed by atoms with van der Waals surface area (Å²) in [4.78, 5) is 15.9. The van der Waals surface area contributed by atoms with E-state index in [0.29, 0.717) is 36.3 Å². The number of ketones is 1. The first-order valence-electron chi connectivity index (χ1n) is 7.25. The fraction of sp³-hybridized carbons (Fsp3) is 0.500. The molecule has 114 valence electrons. The molecule has 0 fully saturated rings. The number of nitrogens with zero attached hydrogens (tertiary/aromatic N) is 1. The third-order valence-electron chi connectivity index (χ3n) is 3.42. The molecule has 1 aromatic carbocycles. The van der Waals surface area contributed by atoms with Crippen molar-refractivity contribution in [1.82, 2.24) is 4.98 Å². The molecule has 0 aliphatic rings. The van der Waals surface area contributed by atoms with Crippen LogP contribution in [0.25, 0.3) is 11.1 Å². The summed E-state index contributed by atoms with van der Waals surface area (Å²) < 4.78 is 31.1. The molecule has 0 N–H and O–H groups in total. The highest BCUT2D eigenvalue weighted by molar-refractivity contribution is 5.78. The topological polar surface area (TPSA) is 43.1 Å². The largest absolute Gasteiger partial charge is 0.440 e. The Labute approximate surface area is 122 Å². The van der Waals surface area contributed by atoms with Gasteiger partial charge in [-0.2, -0.15) is 0 Å².